The van der Waals surface area contributed by atoms with Gasteiger partial charge >= 0.3 is 6.03 Å². The predicted molar refractivity (Wildman–Crippen MR) is 119 cm³/mol. The molecule has 2 aromatic carbocycles. The number of aliphatic imine (C=N–C) groups is 2. The average Bonchev–Trinajstić information content (AvgIpc) is 3.30. The van der Waals surface area contributed by atoms with Crippen LogP contribution in [0.3, 0.4) is 0 Å². The number of thiol groups is 1. The van der Waals surface area contributed by atoms with Gasteiger partial charge in [-0.2, -0.15) is 0 Å². The van der Waals surface area contributed by atoms with Crippen LogP contribution in [0, 0.1) is 0 Å². The monoisotopic (exact) mass is 417 g/mol. The van der Waals surface area contributed by atoms with E-state index in [0.717, 1.165) is 21.7 Å². The van der Waals surface area contributed by atoms with Gasteiger partial charge in [0.2, 0.25) is 0 Å². The van der Waals surface area contributed by atoms with Crippen LogP contribution in [0.25, 0.3) is 0 Å². The Kier molecular flexibility index (Phi) is 4.32. The van der Waals surface area contributed by atoms with Crippen LogP contribution in [-0.2, 0) is 12.1 Å². The van der Waals surface area contributed by atoms with Gasteiger partial charge in [-0.15, -0.1) is 12.6 Å². The molecule has 5 rings (SSSR count). The lowest BCUT2D eigenvalue weighted by molar-refractivity contribution is 0.225. The van der Waals surface area contributed by atoms with Gasteiger partial charge in [-0.05, 0) is 35.4 Å². The highest BCUT2D eigenvalue weighted by atomic mass is 32.1. The zero-order valence-corrected chi connectivity index (χ0v) is 17.0. The second kappa shape index (κ2) is 7.03. The normalized spacial score (nSPS) is 19.6. The first kappa shape index (κ1) is 18.4. The standard InChI is InChI=1S/C21H19N7OS/c1-22-15-6-4-14(5-7-15)21-17-18(24-11-23-17)25-12-26-19(21)28(20(29)27-21)10-13-2-8-16(30)9-3-13/h2-9,11-12,22,30H,10H2,1H3,(H,23,24)(H,27,29). The number of rotatable bonds is 4. The van der Waals surface area contributed by atoms with E-state index in [-0.39, 0.29) is 6.03 Å². The van der Waals surface area contributed by atoms with Gasteiger partial charge in [-0.3, -0.25) is 4.90 Å². The van der Waals surface area contributed by atoms with Crippen molar-refractivity contribution in [3.05, 3.63) is 71.7 Å². The lowest BCUT2D eigenvalue weighted by atomic mass is 9.85. The Morgan fingerprint density at radius 1 is 1.13 bits per heavy atom. The molecule has 8 nitrogen and oxygen atoms in total. The largest absolute Gasteiger partial charge is 0.388 e. The molecule has 1 unspecified atom stereocenters. The molecule has 3 N–H and O–H groups in total. The van der Waals surface area contributed by atoms with Gasteiger partial charge in [0, 0.05) is 17.6 Å². The molecule has 1 aromatic heterocycles. The van der Waals surface area contributed by atoms with E-state index in [1.807, 2.05) is 55.6 Å². The lowest BCUT2D eigenvalue weighted by Crippen LogP contribution is -2.45. The van der Waals surface area contributed by atoms with E-state index in [2.05, 4.69) is 43.2 Å². The summed E-state index contributed by atoms with van der Waals surface area (Å²) in [6.45, 7) is 0.364. The third kappa shape index (κ3) is 2.78. The van der Waals surface area contributed by atoms with E-state index in [1.54, 1.807) is 11.2 Å². The van der Waals surface area contributed by atoms with Crippen molar-refractivity contribution in [1.82, 2.24) is 20.2 Å². The van der Waals surface area contributed by atoms with E-state index in [1.165, 1.54) is 6.34 Å². The van der Waals surface area contributed by atoms with Crippen LogP contribution in [0.4, 0.5) is 16.3 Å². The topological polar surface area (TPSA) is 97.8 Å². The molecule has 9 heteroatoms. The molecule has 0 radical (unpaired) electrons. The molecular weight excluding hydrogens is 398 g/mol. The molecule has 0 spiro atoms. The van der Waals surface area contributed by atoms with Crippen LogP contribution in [0.15, 0.2) is 69.7 Å². The first-order chi connectivity index (χ1) is 14.6. The Morgan fingerprint density at radius 2 is 1.90 bits per heavy atom. The van der Waals surface area contributed by atoms with Crippen molar-refractivity contribution in [2.24, 2.45) is 9.98 Å². The summed E-state index contributed by atoms with van der Waals surface area (Å²) >= 11 is 4.34. The summed E-state index contributed by atoms with van der Waals surface area (Å²) < 4.78 is 0. The van der Waals surface area contributed by atoms with Gasteiger partial charge in [0.05, 0.1) is 12.9 Å². The summed E-state index contributed by atoms with van der Waals surface area (Å²) in [6, 6.07) is 15.3. The molecule has 0 aliphatic carbocycles. The fourth-order valence-electron chi connectivity index (χ4n) is 3.87. The second-order valence-electron chi connectivity index (χ2n) is 7.06. The molecule has 2 aliphatic rings. The highest BCUT2D eigenvalue weighted by Gasteiger charge is 2.54. The molecule has 2 amide bonds. The number of nitrogens with zero attached hydrogens (tertiary/aromatic N) is 4. The summed E-state index contributed by atoms with van der Waals surface area (Å²) in [5.74, 6) is 1.10. The smallest absolute Gasteiger partial charge is 0.324 e. The molecule has 30 heavy (non-hydrogen) atoms. The van der Waals surface area contributed by atoms with Crippen LogP contribution in [-0.4, -0.2) is 40.1 Å². The fourth-order valence-corrected chi connectivity index (χ4v) is 4.02. The maximum absolute atomic E-state index is 13.2. The number of aromatic nitrogens is 2. The number of anilines is 1. The first-order valence-corrected chi connectivity index (χ1v) is 9.87. The van der Waals surface area contributed by atoms with Crippen molar-refractivity contribution in [2.75, 3.05) is 12.4 Å². The molecule has 1 fully saturated rings. The Balaban J connectivity index is 1.65. The fraction of sp³-hybridized carbons (Fsp3) is 0.143. The van der Waals surface area contributed by atoms with Gasteiger partial charge in [-0.25, -0.2) is 19.8 Å². The van der Waals surface area contributed by atoms with E-state index >= 15 is 0 Å². The molecule has 1 atom stereocenters. The highest BCUT2D eigenvalue weighted by Crippen LogP contribution is 2.41. The third-order valence-corrected chi connectivity index (χ3v) is 5.65. The second-order valence-corrected chi connectivity index (χ2v) is 7.57. The predicted octanol–water partition coefficient (Wildman–Crippen LogP) is 3.28. The quantitative estimate of drug-likeness (QED) is 0.491. The van der Waals surface area contributed by atoms with Crippen LogP contribution in [0.2, 0.25) is 0 Å². The summed E-state index contributed by atoms with van der Waals surface area (Å²) in [4.78, 5) is 32.2. The number of nitrogens with one attached hydrogen (secondary N) is 3. The van der Waals surface area contributed by atoms with Crippen molar-refractivity contribution in [3.63, 3.8) is 0 Å². The molecule has 3 aromatic rings. The number of imidazole rings is 1. The van der Waals surface area contributed by atoms with Gasteiger partial charge in [-0.1, -0.05) is 24.3 Å². The zero-order chi connectivity index (χ0) is 20.7. The van der Waals surface area contributed by atoms with E-state index in [4.69, 9.17) is 0 Å². The number of carbonyl (C=O) groups excluding carboxylic acids is 1. The van der Waals surface area contributed by atoms with Gasteiger partial charge in [0.15, 0.2) is 17.2 Å². The van der Waals surface area contributed by atoms with Crippen LogP contribution < -0.4 is 10.6 Å². The third-order valence-electron chi connectivity index (χ3n) is 5.36. The number of carbonyl (C=O) groups is 1. The number of benzene rings is 2. The minimum atomic E-state index is -1.04. The highest BCUT2D eigenvalue weighted by molar-refractivity contribution is 7.80. The Bertz CT molecular complexity index is 1170. The maximum atomic E-state index is 13.2. The molecule has 3 heterocycles. The number of fused-ring (bicyclic) bond motifs is 3. The van der Waals surface area contributed by atoms with E-state index < -0.39 is 5.54 Å². The Labute approximate surface area is 178 Å². The lowest BCUT2D eigenvalue weighted by Gasteiger charge is -2.28. The van der Waals surface area contributed by atoms with Crippen molar-refractivity contribution >= 4 is 42.3 Å². The van der Waals surface area contributed by atoms with Crippen LogP contribution in [0.5, 0.6) is 0 Å². The van der Waals surface area contributed by atoms with Crippen molar-refractivity contribution in [3.8, 4) is 0 Å². The number of urea groups is 1. The number of H-pyrrole nitrogens is 1. The summed E-state index contributed by atoms with van der Waals surface area (Å²) in [6.07, 6.45) is 3.04. The molecule has 150 valence electrons. The summed E-state index contributed by atoms with van der Waals surface area (Å²) in [5.41, 5.74) is 2.34. The molecule has 0 bridgehead atoms. The minimum Gasteiger partial charge on any atom is -0.388 e. The molecular formula is C21H19N7OS. The van der Waals surface area contributed by atoms with Crippen LogP contribution in [0.1, 0.15) is 16.8 Å². The molecule has 2 aliphatic heterocycles. The van der Waals surface area contributed by atoms with Crippen molar-refractivity contribution in [1.29, 1.82) is 0 Å². The number of amidine groups is 1. The van der Waals surface area contributed by atoms with E-state index in [0.29, 0.717) is 23.9 Å². The number of hydrogen-bond acceptors (Lipinski definition) is 6. The summed E-state index contributed by atoms with van der Waals surface area (Å²) in [5, 5.41) is 6.26. The number of aromatic amines is 1. The van der Waals surface area contributed by atoms with Gasteiger partial charge in [0.1, 0.15) is 12.0 Å². The average molecular weight is 417 g/mol. The Morgan fingerprint density at radius 3 is 2.63 bits per heavy atom. The molecule has 1 saturated heterocycles. The Hall–Kier alpha value is -3.59. The number of hydrogen-bond donors (Lipinski definition) is 4. The SMILES string of the molecule is CNc1ccc(C23NC(=O)N(Cc4ccc(S)cc4)C2=NC=Nc2[nH]cnc23)cc1. The number of amides is 2. The van der Waals surface area contributed by atoms with Crippen LogP contribution >= 0.6 is 12.6 Å². The van der Waals surface area contributed by atoms with Crippen molar-refractivity contribution < 1.29 is 4.79 Å². The first-order valence-electron chi connectivity index (χ1n) is 9.42. The minimum absolute atomic E-state index is 0.245. The van der Waals surface area contributed by atoms with E-state index in [9.17, 15) is 4.79 Å². The zero-order valence-electron chi connectivity index (χ0n) is 16.1. The summed E-state index contributed by atoms with van der Waals surface area (Å²) in [7, 11) is 1.86. The van der Waals surface area contributed by atoms with Gasteiger partial charge < -0.3 is 15.6 Å². The van der Waals surface area contributed by atoms with Gasteiger partial charge in [0.25, 0.3) is 0 Å². The maximum Gasteiger partial charge on any atom is 0.324 e. The molecule has 0 saturated carbocycles. The van der Waals surface area contributed by atoms with Crippen molar-refractivity contribution in [2.45, 2.75) is 17.0 Å².